The maximum atomic E-state index is 13.6. The SMILES string of the molecule is CCC[C@H](NC(=O)[C@H](Cc1c[nH]c2ccccc12)NC(=O)OC(C)(C)C)C(=O)N[C@@H](CC(=O)O)C(=O)NCC(=O)Nc1ccccc1. The second kappa shape index (κ2) is 16.8. The Hall–Kier alpha value is -5.40. The predicted molar refractivity (Wildman–Crippen MR) is 174 cm³/mol. The molecule has 1 heterocycles. The minimum Gasteiger partial charge on any atom is -0.481 e. The maximum Gasteiger partial charge on any atom is 0.408 e. The topological polar surface area (TPSA) is 208 Å². The fourth-order valence-corrected chi connectivity index (χ4v) is 4.68. The average molecular weight is 651 g/mol. The molecule has 1 aromatic heterocycles. The number of rotatable bonds is 15. The maximum absolute atomic E-state index is 13.6. The summed E-state index contributed by atoms with van der Waals surface area (Å²) in [6, 6.07) is 12.1. The zero-order valence-corrected chi connectivity index (χ0v) is 26.8. The van der Waals surface area contributed by atoms with Crippen molar-refractivity contribution >= 4 is 52.3 Å². The van der Waals surface area contributed by atoms with Gasteiger partial charge in [0.1, 0.15) is 23.7 Å². The lowest BCUT2D eigenvalue weighted by atomic mass is 10.0. The molecular formula is C33H42N6O8. The number of para-hydroxylation sites is 2. The Morgan fingerprint density at radius 3 is 2.13 bits per heavy atom. The summed E-state index contributed by atoms with van der Waals surface area (Å²) in [6.45, 7) is 6.36. The third-order valence-electron chi connectivity index (χ3n) is 6.81. The average Bonchev–Trinajstić information content (AvgIpc) is 3.41. The summed E-state index contributed by atoms with van der Waals surface area (Å²) >= 11 is 0. The number of carbonyl (C=O) groups excluding carboxylic acids is 5. The van der Waals surface area contributed by atoms with Crippen LogP contribution in [0, 0.1) is 0 Å². The first kappa shape index (κ1) is 36.1. The van der Waals surface area contributed by atoms with E-state index in [1.54, 1.807) is 64.2 Å². The van der Waals surface area contributed by atoms with Crippen molar-refractivity contribution in [2.75, 3.05) is 11.9 Å². The molecule has 3 atom stereocenters. The minimum absolute atomic E-state index is 0.0602. The van der Waals surface area contributed by atoms with E-state index in [1.807, 2.05) is 24.3 Å². The highest BCUT2D eigenvalue weighted by atomic mass is 16.6. The number of carboxylic acid groups (broad SMARTS) is 1. The lowest BCUT2D eigenvalue weighted by Crippen LogP contribution is -2.57. The van der Waals surface area contributed by atoms with Crippen molar-refractivity contribution in [3.05, 3.63) is 66.4 Å². The van der Waals surface area contributed by atoms with Crippen LogP contribution >= 0.6 is 0 Å². The summed E-state index contributed by atoms with van der Waals surface area (Å²) in [5, 5.41) is 22.8. The van der Waals surface area contributed by atoms with Gasteiger partial charge in [-0.2, -0.15) is 0 Å². The molecule has 2 aromatic carbocycles. The zero-order chi connectivity index (χ0) is 34.6. The molecule has 0 aliphatic rings. The summed E-state index contributed by atoms with van der Waals surface area (Å²) in [7, 11) is 0. The number of nitrogens with one attached hydrogen (secondary N) is 6. The van der Waals surface area contributed by atoms with E-state index >= 15 is 0 Å². The summed E-state index contributed by atoms with van der Waals surface area (Å²) in [6.07, 6.45) is 0.778. The molecule has 0 aliphatic heterocycles. The molecule has 0 aliphatic carbocycles. The zero-order valence-electron chi connectivity index (χ0n) is 26.8. The molecule has 0 bridgehead atoms. The molecule has 14 heteroatoms. The molecule has 0 saturated carbocycles. The summed E-state index contributed by atoms with van der Waals surface area (Å²) in [4.78, 5) is 79.6. The number of hydrogen-bond donors (Lipinski definition) is 7. The van der Waals surface area contributed by atoms with Gasteiger partial charge in [0, 0.05) is 29.2 Å². The van der Waals surface area contributed by atoms with Crippen molar-refractivity contribution in [2.24, 2.45) is 0 Å². The van der Waals surface area contributed by atoms with Gasteiger partial charge >= 0.3 is 12.1 Å². The highest BCUT2D eigenvalue weighted by molar-refractivity contribution is 5.98. The summed E-state index contributed by atoms with van der Waals surface area (Å²) in [5.41, 5.74) is 1.24. The van der Waals surface area contributed by atoms with Crippen LogP contribution in [0.3, 0.4) is 0 Å². The second-order valence-corrected chi connectivity index (χ2v) is 11.9. The number of H-pyrrole nitrogens is 1. The van der Waals surface area contributed by atoms with E-state index < -0.39 is 72.4 Å². The molecule has 0 fully saturated rings. The quantitative estimate of drug-likeness (QED) is 0.130. The first-order chi connectivity index (χ1) is 22.3. The van der Waals surface area contributed by atoms with Gasteiger partial charge in [0.05, 0.1) is 13.0 Å². The molecule has 0 spiro atoms. The van der Waals surface area contributed by atoms with Crippen LogP contribution in [-0.4, -0.2) is 76.1 Å². The molecule has 252 valence electrons. The van der Waals surface area contributed by atoms with Crippen LogP contribution in [0.2, 0.25) is 0 Å². The number of aliphatic carboxylic acids is 1. The number of alkyl carbamates (subject to hydrolysis) is 1. The molecule has 5 amide bonds. The van der Waals surface area contributed by atoms with Gasteiger partial charge in [-0.3, -0.25) is 24.0 Å². The van der Waals surface area contributed by atoms with Crippen LogP contribution in [0.25, 0.3) is 10.9 Å². The fraction of sp³-hybridized carbons (Fsp3) is 0.394. The fourth-order valence-electron chi connectivity index (χ4n) is 4.68. The van der Waals surface area contributed by atoms with Gasteiger partial charge < -0.3 is 41.4 Å². The molecule has 0 unspecified atom stereocenters. The number of ether oxygens (including phenoxy) is 1. The van der Waals surface area contributed by atoms with Gasteiger partial charge in [0.15, 0.2) is 0 Å². The van der Waals surface area contributed by atoms with E-state index in [1.165, 1.54) is 0 Å². The molecule has 7 N–H and O–H groups in total. The van der Waals surface area contributed by atoms with Crippen molar-refractivity contribution in [3.8, 4) is 0 Å². The number of benzene rings is 2. The number of carbonyl (C=O) groups is 6. The number of hydrogen-bond acceptors (Lipinski definition) is 7. The van der Waals surface area contributed by atoms with E-state index in [2.05, 4.69) is 31.6 Å². The standard InChI is InChI=1S/C33H42N6O8/c1-5-11-24(30(44)38-26(17-28(41)42)29(43)35-19-27(40)36-21-12-7-6-8-13-21)37-31(45)25(39-32(46)47-33(2,3)4)16-20-18-34-23-15-10-9-14-22(20)23/h6-10,12-15,18,24-26,34H,5,11,16-17,19H2,1-4H3,(H,35,43)(H,36,40)(H,37,45)(H,38,44)(H,39,46)(H,41,42)/t24-,25-,26-/m0/s1. The van der Waals surface area contributed by atoms with Gasteiger partial charge in [0.25, 0.3) is 0 Å². The van der Waals surface area contributed by atoms with Gasteiger partial charge in [-0.1, -0.05) is 49.7 Å². The van der Waals surface area contributed by atoms with E-state index in [4.69, 9.17) is 4.74 Å². The van der Waals surface area contributed by atoms with E-state index in [0.717, 1.165) is 16.5 Å². The summed E-state index contributed by atoms with van der Waals surface area (Å²) in [5.74, 6) is -4.31. The first-order valence-electron chi connectivity index (χ1n) is 15.3. The smallest absolute Gasteiger partial charge is 0.408 e. The number of carboxylic acids is 1. The van der Waals surface area contributed by atoms with E-state index in [9.17, 15) is 33.9 Å². The Balaban J connectivity index is 1.72. The van der Waals surface area contributed by atoms with Crippen molar-refractivity contribution in [1.29, 1.82) is 0 Å². The molecular weight excluding hydrogens is 608 g/mol. The Bertz CT molecular complexity index is 1570. The number of anilines is 1. The van der Waals surface area contributed by atoms with Crippen LogP contribution in [0.15, 0.2) is 60.8 Å². The van der Waals surface area contributed by atoms with Gasteiger partial charge in [-0.15, -0.1) is 0 Å². The van der Waals surface area contributed by atoms with Crippen molar-refractivity contribution in [1.82, 2.24) is 26.3 Å². The Morgan fingerprint density at radius 1 is 0.830 bits per heavy atom. The highest BCUT2D eigenvalue weighted by Crippen LogP contribution is 2.20. The van der Waals surface area contributed by atoms with Gasteiger partial charge in [-0.05, 0) is 51.0 Å². The van der Waals surface area contributed by atoms with Crippen LogP contribution < -0.4 is 26.6 Å². The molecule has 47 heavy (non-hydrogen) atoms. The minimum atomic E-state index is -1.54. The number of fused-ring (bicyclic) bond motifs is 1. The van der Waals surface area contributed by atoms with Gasteiger partial charge in [-0.25, -0.2) is 4.79 Å². The Morgan fingerprint density at radius 2 is 1.47 bits per heavy atom. The predicted octanol–water partition coefficient (Wildman–Crippen LogP) is 2.60. The summed E-state index contributed by atoms with van der Waals surface area (Å²) < 4.78 is 5.37. The van der Waals surface area contributed by atoms with Crippen molar-refractivity contribution in [3.63, 3.8) is 0 Å². The molecule has 0 radical (unpaired) electrons. The molecule has 3 aromatic rings. The normalized spacial score (nSPS) is 13.0. The van der Waals surface area contributed by atoms with Gasteiger partial charge in [0.2, 0.25) is 23.6 Å². The van der Waals surface area contributed by atoms with Crippen LogP contribution in [-0.2, 0) is 35.1 Å². The molecule has 3 rings (SSSR count). The van der Waals surface area contributed by atoms with Crippen LogP contribution in [0.1, 0.15) is 52.5 Å². The number of aromatic amines is 1. The van der Waals surface area contributed by atoms with E-state index in [-0.39, 0.29) is 12.8 Å². The Kier molecular flexibility index (Phi) is 12.9. The Labute approximate surface area is 272 Å². The van der Waals surface area contributed by atoms with Crippen molar-refractivity contribution in [2.45, 2.75) is 77.1 Å². The number of amides is 5. The molecule has 0 saturated heterocycles. The lowest BCUT2D eigenvalue weighted by molar-refractivity contribution is -0.141. The van der Waals surface area contributed by atoms with Crippen LogP contribution in [0.4, 0.5) is 10.5 Å². The largest absolute Gasteiger partial charge is 0.481 e. The third kappa shape index (κ3) is 11.8. The first-order valence-corrected chi connectivity index (χ1v) is 15.3. The molecule has 14 nitrogen and oxygen atoms in total. The number of aromatic nitrogens is 1. The van der Waals surface area contributed by atoms with Crippen LogP contribution in [0.5, 0.6) is 0 Å². The third-order valence-corrected chi connectivity index (χ3v) is 6.81. The van der Waals surface area contributed by atoms with E-state index in [0.29, 0.717) is 12.1 Å². The lowest BCUT2D eigenvalue weighted by Gasteiger charge is -2.26. The monoisotopic (exact) mass is 650 g/mol. The van der Waals surface area contributed by atoms with Crippen molar-refractivity contribution < 1.29 is 38.6 Å². The second-order valence-electron chi connectivity index (χ2n) is 11.9. The highest BCUT2D eigenvalue weighted by Gasteiger charge is 2.31.